The van der Waals surface area contributed by atoms with Crippen LogP contribution in [0.4, 0.5) is 0 Å². The molecular weight excluding hydrogens is 616 g/mol. The standard InChI is InChI=1S/C34H56O13/c1-9-14-27(36)44-23(4)19-30(39)42-18-13-12-17-26(35)33(47-32(41)21-25(6)46-29(38)16-11-3)34(7,8)22-43-31(40)20-24(5)45-28(37)15-10-2/h23-25,33H,9-22H2,1-8H3/t23-,24-,25-,33+/m1/s1. The van der Waals surface area contributed by atoms with E-state index in [4.69, 9.17) is 28.4 Å². The molecule has 0 aliphatic carbocycles. The molecule has 270 valence electrons. The van der Waals surface area contributed by atoms with Gasteiger partial charge < -0.3 is 28.4 Å². The summed E-state index contributed by atoms with van der Waals surface area (Å²) in [7, 11) is 0. The van der Waals surface area contributed by atoms with Gasteiger partial charge in [-0.1, -0.05) is 34.6 Å². The second kappa shape index (κ2) is 23.8. The molecule has 0 N–H and O–H groups in total. The molecule has 0 spiro atoms. The molecule has 0 heterocycles. The summed E-state index contributed by atoms with van der Waals surface area (Å²) in [5.74, 6) is -3.63. The molecule has 0 aromatic heterocycles. The maximum absolute atomic E-state index is 13.4. The topological polar surface area (TPSA) is 175 Å². The van der Waals surface area contributed by atoms with E-state index in [0.717, 1.165) is 0 Å². The highest BCUT2D eigenvalue weighted by Crippen LogP contribution is 2.28. The predicted molar refractivity (Wildman–Crippen MR) is 170 cm³/mol. The second-order valence-electron chi connectivity index (χ2n) is 12.4. The average Bonchev–Trinajstić information content (AvgIpc) is 2.94. The van der Waals surface area contributed by atoms with Crippen molar-refractivity contribution in [3.8, 4) is 0 Å². The van der Waals surface area contributed by atoms with Crippen LogP contribution in [0.15, 0.2) is 0 Å². The number of esters is 6. The number of hydrogen-bond donors (Lipinski definition) is 0. The highest BCUT2D eigenvalue weighted by molar-refractivity contribution is 5.86. The van der Waals surface area contributed by atoms with E-state index >= 15 is 0 Å². The fourth-order valence-corrected chi connectivity index (χ4v) is 4.31. The molecule has 13 nitrogen and oxygen atoms in total. The van der Waals surface area contributed by atoms with Crippen molar-refractivity contribution in [2.75, 3.05) is 13.2 Å². The van der Waals surface area contributed by atoms with E-state index in [1.807, 2.05) is 20.8 Å². The highest BCUT2D eigenvalue weighted by Gasteiger charge is 2.39. The van der Waals surface area contributed by atoms with Gasteiger partial charge in [-0.2, -0.15) is 0 Å². The van der Waals surface area contributed by atoms with Crippen LogP contribution in [0.3, 0.4) is 0 Å². The second-order valence-corrected chi connectivity index (χ2v) is 12.4. The summed E-state index contributed by atoms with van der Waals surface area (Å²) in [4.78, 5) is 85.9. The molecule has 0 fully saturated rings. The zero-order valence-corrected chi connectivity index (χ0v) is 29.5. The Labute approximate surface area is 279 Å². The molecule has 0 bridgehead atoms. The lowest BCUT2D eigenvalue weighted by molar-refractivity contribution is -0.171. The van der Waals surface area contributed by atoms with Crippen LogP contribution >= 0.6 is 0 Å². The summed E-state index contributed by atoms with van der Waals surface area (Å²) in [6, 6.07) is 0. The summed E-state index contributed by atoms with van der Waals surface area (Å²) < 4.78 is 31.7. The number of hydrogen-bond acceptors (Lipinski definition) is 13. The van der Waals surface area contributed by atoms with Crippen LogP contribution in [0.1, 0.15) is 132 Å². The van der Waals surface area contributed by atoms with Gasteiger partial charge >= 0.3 is 35.8 Å². The summed E-state index contributed by atoms with van der Waals surface area (Å²) in [5.41, 5.74) is -1.15. The average molecular weight is 673 g/mol. The highest BCUT2D eigenvalue weighted by atomic mass is 16.6. The minimum Gasteiger partial charge on any atom is -0.466 e. The van der Waals surface area contributed by atoms with E-state index in [-0.39, 0.29) is 64.1 Å². The van der Waals surface area contributed by atoms with Crippen molar-refractivity contribution in [1.82, 2.24) is 0 Å². The third-order valence-corrected chi connectivity index (χ3v) is 6.66. The predicted octanol–water partition coefficient (Wildman–Crippen LogP) is 5.12. The molecule has 0 aromatic carbocycles. The Balaban J connectivity index is 5.23. The van der Waals surface area contributed by atoms with Gasteiger partial charge in [-0.15, -0.1) is 0 Å². The number of Topliss-reactive ketones (excluding diaryl/α,β-unsaturated/α-hetero) is 1. The molecule has 0 aromatic rings. The normalized spacial score (nSPS) is 13.7. The smallest absolute Gasteiger partial charge is 0.310 e. The van der Waals surface area contributed by atoms with E-state index in [2.05, 4.69) is 0 Å². The molecular formula is C34H56O13. The lowest BCUT2D eigenvalue weighted by Crippen LogP contribution is -2.44. The summed E-state index contributed by atoms with van der Waals surface area (Å²) in [6.07, 6.45) is -0.790. The van der Waals surface area contributed by atoms with Crippen molar-refractivity contribution in [2.45, 2.75) is 157 Å². The van der Waals surface area contributed by atoms with Crippen LogP contribution in [0.25, 0.3) is 0 Å². The Morgan fingerprint density at radius 3 is 1.34 bits per heavy atom. The third kappa shape index (κ3) is 21.1. The van der Waals surface area contributed by atoms with Crippen molar-refractivity contribution in [3.63, 3.8) is 0 Å². The number of carbonyl (C=O) groups excluding carboxylic acids is 7. The molecule has 0 aliphatic rings. The summed E-state index contributed by atoms with van der Waals surface area (Å²) in [6.45, 7) is 13.2. The van der Waals surface area contributed by atoms with E-state index in [1.165, 1.54) is 0 Å². The lowest BCUT2D eigenvalue weighted by atomic mass is 9.83. The first kappa shape index (κ1) is 43.5. The monoisotopic (exact) mass is 672 g/mol. The van der Waals surface area contributed by atoms with Gasteiger partial charge in [0.05, 0.1) is 25.9 Å². The van der Waals surface area contributed by atoms with Crippen LogP contribution in [0, 0.1) is 5.41 Å². The number of ketones is 1. The van der Waals surface area contributed by atoms with E-state index in [9.17, 15) is 33.6 Å². The molecule has 13 heteroatoms. The molecule has 0 aliphatic heterocycles. The van der Waals surface area contributed by atoms with Crippen molar-refractivity contribution in [3.05, 3.63) is 0 Å². The quantitative estimate of drug-likeness (QED) is 0.0711. The van der Waals surface area contributed by atoms with Crippen molar-refractivity contribution < 1.29 is 62.0 Å². The Bertz CT molecular complexity index is 1020. The molecule has 0 saturated heterocycles. The fourth-order valence-electron chi connectivity index (χ4n) is 4.31. The SMILES string of the molecule is CCCC(=O)O[C@H](C)CC(=O)OCCCCC(=O)[C@H](OC(=O)C[C@@H](C)OC(=O)CCC)C(C)(C)COC(=O)C[C@@H](C)OC(=O)CCC. The molecule has 4 atom stereocenters. The summed E-state index contributed by atoms with van der Waals surface area (Å²) >= 11 is 0. The van der Waals surface area contributed by atoms with E-state index in [1.54, 1.807) is 34.6 Å². The maximum Gasteiger partial charge on any atom is 0.310 e. The third-order valence-electron chi connectivity index (χ3n) is 6.66. The summed E-state index contributed by atoms with van der Waals surface area (Å²) in [5, 5.41) is 0. The fraction of sp³-hybridized carbons (Fsp3) is 0.794. The zero-order valence-electron chi connectivity index (χ0n) is 29.5. The minimum atomic E-state index is -1.30. The first-order valence-corrected chi connectivity index (χ1v) is 16.7. The molecule has 47 heavy (non-hydrogen) atoms. The number of carbonyl (C=O) groups is 7. The van der Waals surface area contributed by atoms with Crippen molar-refractivity contribution in [2.24, 2.45) is 5.41 Å². The van der Waals surface area contributed by atoms with Crippen LogP contribution in [-0.2, 0) is 62.0 Å². The van der Waals surface area contributed by atoms with E-state index < -0.39 is 65.5 Å². The Hall–Kier alpha value is -3.51. The van der Waals surface area contributed by atoms with Gasteiger partial charge in [0, 0.05) is 31.1 Å². The first-order valence-electron chi connectivity index (χ1n) is 16.7. The van der Waals surface area contributed by atoms with Crippen molar-refractivity contribution >= 4 is 41.6 Å². The largest absolute Gasteiger partial charge is 0.466 e. The number of unbranched alkanes of at least 4 members (excludes halogenated alkanes) is 1. The Kier molecular flexibility index (Phi) is 22.0. The van der Waals surface area contributed by atoms with Gasteiger partial charge in [0.15, 0.2) is 11.9 Å². The molecule has 0 radical (unpaired) electrons. The number of rotatable bonds is 25. The zero-order chi connectivity index (χ0) is 36.0. The van der Waals surface area contributed by atoms with Crippen LogP contribution in [-0.4, -0.2) is 79.2 Å². The first-order chi connectivity index (χ1) is 22.0. The molecule has 0 unspecified atom stereocenters. The van der Waals surface area contributed by atoms with Gasteiger partial charge in [0.1, 0.15) is 24.9 Å². The lowest BCUT2D eigenvalue weighted by Gasteiger charge is -2.32. The van der Waals surface area contributed by atoms with Gasteiger partial charge in [-0.05, 0) is 52.9 Å². The molecule has 0 rings (SSSR count). The van der Waals surface area contributed by atoms with Gasteiger partial charge in [-0.25, -0.2) is 0 Å². The molecule has 0 amide bonds. The Morgan fingerprint density at radius 1 is 0.511 bits per heavy atom. The van der Waals surface area contributed by atoms with Crippen LogP contribution in [0.5, 0.6) is 0 Å². The van der Waals surface area contributed by atoms with E-state index in [0.29, 0.717) is 32.1 Å². The van der Waals surface area contributed by atoms with Gasteiger partial charge in [0.2, 0.25) is 0 Å². The minimum absolute atomic E-state index is 0.0244. The van der Waals surface area contributed by atoms with Gasteiger partial charge in [0.25, 0.3) is 0 Å². The van der Waals surface area contributed by atoms with Crippen molar-refractivity contribution in [1.29, 1.82) is 0 Å². The van der Waals surface area contributed by atoms with Gasteiger partial charge in [-0.3, -0.25) is 33.6 Å². The number of ether oxygens (including phenoxy) is 6. The van der Waals surface area contributed by atoms with Crippen LogP contribution < -0.4 is 0 Å². The van der Waals surface area contributed by atoms with Crippen LogP contribution in [0.2, 0.25) is 0 Å². The Morgan fingerprint density at radius 2 is 0.915 bits per heavy atom. The maximum atomic E-state index is 13.4. The molecule has 0 saturated carbocycles.